The van der Waals surface area contributed by atoms with Crippen molar-refractivity contribution in [2.45, 2.75) is 17.2 Å². The van der Waals surface area contributed by atoms with Gasteiger partial charge in [-0.1, -0.05) is 23.1 Å². The fourth-order valence-corrected chi connectivity index (χ4v) is 3.56. The van der Waals surface area contributed by atoms with Gasteiger partial charge in [-0.05, 0) is 30.7 Å². The van der Waals surface area contributed by atoms with Gasteiger partial charge in [-0.15, -0.1) is 10.2 Å². The smallest absolute Gasteiger partial charge is 0.206 e. The summed E-state index contributed by atoms with van der Waals surface area (Å²) < 4.78 is 18.6. The maximum atomic E-state index is 12.8. The van der Waals surface area contributed by atoms with Crippen LogP contribution < -0.4 is 5.32 Å². The minimum Gasteiger partial charge on any atom is -0.383 e. The average molecular weight is 355 g/mol. The highest BCUT2D eigenvalue weighted by atomic mass is 32.2. The molecule has 8 heteroatoms. The van der Waals surface area contributed by atoms with Crippen molar-refractivity contribution in [1.82, 2.24) is 10.2 Å². The van der Waals surface area contributed by atoms with Crippen LogP contribution in [0.3, 0.4) is 0 Å². The maximum absolute atomic E-state index is 12.8. The van der Waals surface area contributed by atoms with E-state index < -0.39 is 0 Å². The molecule has 0 aliphatic rings. The third kappa shape index (κ3) is 6.25. The van der Waals surface area contributed by atoms with Crippen LogP contribution in [-0.4, -0.2) is 42.0 Å². The summed E-state index contributed by atoms with van der Waals surface area (Å²) in [7, 11) is 1.65. The maximum Gasteiger partial charge on any atom is 0.206 e. The van der Waals surface area contributed by atoms with E-state index >= 15 is 0 Å². The lowest BCUT2D eigenvalue weighted by Gasteiger charge is -2.00. The average Bonchev–Trinajstić information content (AvgIpc) is 3.00. The molecule has 0 atom stereocenters. The van der Waals surface area contributed by atoms with E-state index in [2.05, 4.69) is 15.5 Å². The molecule has 0 bridgehead atoms. The van der Waals surface area contributed by atoms with Gasteiger partial charge >= 0.3 is 0 Å². The standard InChI is InChI=1S/C15H18FN3O2S2/c1-21-9-8-17-14-18-19-15(23-14)22-10-2-3-13(20)11-4-6-12(16)7-5-11/h4-7H,2-3,8-10H2,1H3,(H,17,18). The Hall–Kier alpha value is -1.51. The van der Waals surface area contributed by atoms with Gasteiger partial charge in [-0.25, -0.2) is 4.39 Å². The Bertz CT molecular complexity index is 619. The first-order valence-corrected chi connectivity index (χ1v) is 8.97. The molecular formula is C15H18FN3O2S2. The first kappa shape index (κ1) is 17.8. The van der Waals surface area contributed by atoms with E-state index in [0.29, 0.717) is 25.1 Å². The molecule has 5 nitrogen and oxygen atoms in total. The zero-order valence-corrected chi connectivity index (χ0v) is 14.4. The third-order valence-electron chi connectivity index (χ3n) is 2.93. The third-order valence-corrected chi connectivity index (χ3v) is 5.03. The van der Waals surface area contributed by atoms with Crippen molar-refractivity contribution < 1.29 is 13.9 Å². The van der Waals surface area contributed by atoms with Crippen LogP contribution >= 0.6 is 23.1 Å². The van der Waals surface area contributed by atoms with Gasteiger partial charge in [0, 0.05) is 31.4 Å². The summed E-state index contributed by atoms with van der Waals surface area (Å²) in [4.78, 5) is 11.9. The van der Waals surface area contributed by atoms with Gasteiger partial charge < -0.3 is 10.1 Å². The Morgan fingerprint density at radius 2 is 2.13 bits per heavy atom. The molecule has 0 aliphatic carbocycles. The molecule has 0 amide bonds. The van der Waals surface area contributed by atoms with E-state index in [9.17, 15) is 9.18 Å². The molecule has 2 rings (SSSR count). The SMILES string of the molecule is COCCNc1nnc(SCCCC(=O)c2ccc(F)cc2)s1. The zero-order valence-electron chi connectivity index (χ0n) is 12.8. The quantitative estimate of drug-likeness (QED) is 0.400. The molecule has 23 heavy (non-hydrogen) atoms. The minimum atomic E-state index is -0.330. The second kappa shape index (κ2) is 9.59. The number of benzene rings is 1. The van der Waals surface area contributed by atoms with Crippen LogP contribution in [0.25, 0.3) is 0 Å². The number of Topliss-reactive ketones (excluding diaryl/α,β-unsaturated/α-hetero) is 1. The fourth-order valence-electron chi connectivity index (χ4n) is 1.77. The molecule has 2 aromatic rings. The molecule has 1 aromatic carbocycles. The number of halogens is 1. The van der Waals surface area contributed by atoms with E-state index in [1.54, 1.807) is 18.9 Å². The van der Waals surface area contributed by atoms with Gasteiger partial charge in [0.2, 0.25) is 5.13 Å². The summed E-state index contributed by atoms with van der Waals surface area (Å²) in [5.74, 6) is 0.493. The topological polar surface area (TPSA) is 64.1 Å². The summed E-state index contributed by atoms with van der Waals surface area (Å²) in [6.07, 6.45) is 1.18. The van der Waals surface area contributed by atoms with Crippen LogP contribution in [0.5, 0.6) is 0 Å². The molecule has 1 heterocycles. The molecule has 0 aliphatic heterocycles. The van der Waals surface area contributed by atoms with Crippen molar-refractivity contribution in [3.8, 4) is 0 Å². The number of aromatic nitrogens is 2. The number of hydrogen-bond donors (Lipinski definition) is 1. The van der Waals surface area contributed by atoms with E-state index in [4.69, 9.17) is 4.74 Å². The van der Waals surface area contributed by atoms with Crippen molar-refractivity contribution >= 4 is 34.0 Å². The molecule has 124 valence electrons. The van der Waals surface area contributed by atoms with Gasteiger partial charge in [0.1, 0.15) is 5.82 Å². The van der Waals surface area contributed by atoms with Crippen molar-refractivity contribution in [1.29, 1.82) is 0 Å². The van der Waals surface area contributed by atoms with Gasteiger partial charge in [-0.2, -0.15) is 0 Å². The number of thioether (sulfide) groups is 1. The minimum absolute atomic E-state index is 0.0322. The number of rotatable bonds is 10. The number of hydrogen-bond acceptors (Lipinski definition) is 7. The van der Waals surface area contributed by atoms with E-state index in [1.165, 1.54) is 35.6 Å². The van der Waals surface area contributed by atoms with E-state index in [1.807, 2.05) is 0 Å². The second-order valence-electron chi connectivity index (χ2n) is 4.67. The second-order valence-corrected chi connectivity index (χ2v) is 6.99. The van der Waals surface area contributed by atoms with Crippen LogP contribution in [0.2, 0.25) is 0 Å². The first-order chi connectivity index (χ1) is 11.2. The van der Waals surface area contributed by atoms with Crippen molar-refractivity contribution in [2.75, 3.05) is 31.3 Å². The Morgan fingerprint density at radius 3 is 2.87 bits per heavy atom. The van der Waals surface area contributed by atoms with Crippen LogP contribution in [0.15, 0.2) is 28.6 Å². The molecule has 0 unspecified atom stereocenters. The zero-order chi connectivity index (χ0) is 16.5. The van der Waals surface area contributed by atoms with Crippen LogP contribution in [0.1, 0.15) is 23.2 Å². The Morgan fingerprint density at radius 1 is 1.35 bits per heavy atom. The summed E-state index contributed by atoms with van der Waals surface area (Å²) in [6, 6.07) is 5.66. The first-order valence-electron chi connectivity index (χ1n) is 7.17. The molecule has 1 aromatic heterocycles. The fraction of sp³-hybridized carbons (Fsp3) is 0.400. The van der Waals surface area contributed by atoms with Crippen molar-refractivity contribution in [2.24, 2.45) is 0 Å². The number of carbonyl (C=O) groups excluding carboxylic acids is 1. The summed E-state index contributed by atoms with van der Waals surface area (Å²) in [6.45, 7) is 1.32. The monoisotopic (exact) mass is 355 g/mol. The van der Waals surface area contributed by atoms with Crippen LogP contribution in [-0.2, 0) is 4.74 Å². The predicted molar refractivity (Wildman–Crippen MR) is 91.0 cm³/mol. The number of methoxy groups -OCH3 is 1. The number of nitrogens with zero attached hydrogens (tertiary/aromatic N) is 2. The Kier molecular flexibility index (Phi) is 7.44. The number of ether oxygens (including phenoxy) is 1. The molecule has 0 fully saturated rings. The van der Waals surface area contributed by atoms with E-state index in [0.717, 1.165) is 21.6 Å². The van der Waals surface area contributed by atoms with Crippen LogP contribution in [0, 0.1) is 5.82 Å². The number of nitrogens with one attached hydrogen (secondary N) is 1. The number of ketones is 1. The molecule has 1 N–H and O–H groups in total. The summed E-state index contributed by atoms with van der Waals surface area (Å²) in [5, 5.41) is 12.0. The largest absolute Gasteiger partial charge is 0.383 e. The highest BCUT2D eigenvalue weighted by Gasteiger charge is 2.07. The highest BCUT2D eigenvalue weighted by molar-refractivity contribution is 8.01. The number of anilines is 1. The van der Waals surface area contributed by atoms with E-state index in [-0.39, 0.29) is 11.6 Å². The number of carbonyl (C=O) groups is 1. The summed E-state index contributed by atoms with van der Waals surface area (Å²) in [5.41, 5.74) is 0.553. The van der Waals surface area contributed by atoms with Gasteiger partial charge in [0.15, 0.2) is 10.1 Å². The lowest BCUT2D eigenvalue weighted by Crippen LogP contribution is -2.06. The lowest BCUT2D eigenvalue weighted by molar-refractivity contribution is 0.0982. The van der Waals surface area contributed by atoms with Crippen molar-refractivity contribution in [3.63, 3.8) is 0 Å². The lowest BCUT2D eigenvalue weighted by atomic mass is 10.1. The molecule has 0 saturated heterocycles. The molecular weight excluding hydrogens is 337 g/mol. The predicted octanol–water partition coefficient (Wildman–Crippen LogP) is 3.49. The van der Waals surface area contributed by atoms with Gasteiger partial charge in [-0.3, -0.25) is 4.79 Å². The van der Waals surface area contributed by atoms with Crippen molar-refractivity contribution in [3.05, 3.63) is 35.6 Å². The molecule has 0 saturated carbocycles. The highest BCUT2D eigenvalue weighted by Crippen LogP contribution is 2.26. The normalized spacial score (nSPS) is 10.7. The molecule has 0 radical (unpaired) electrons. The Balaban J connectivity index is 1.67. The van der Waals surface area contributed by atoms with Gasteiger partial charge in [0.25, 0.3) is 0 Å². The summed E-state index contributed by atoms with van der Waals surface area (Å²) >= 11 is 3.07. The molecule has 0 spiro atoms. The Labute approximate surface area is 142 Å². The van der Waals surface area contributed by atoms with Gasteiger partial charge in [0.05, 0.1) is 6.61 Å². The van der Waals surface area contributed by atoms with Crippen LogP contribution in [0.4, 0.5) is 9.52 Å².